The van der Waals surface area contributed by atoms with Crippen molar-refractivity contribution in [2.24, 2.45) is 5.92 Å². The van der Waals surface area contributed by atoms with E-state index in [-0.39, 0.29) is 5.69 Å². The Kier molecular flexibility index (Phi) is 4.60. The SMILES string of the molecule is CCC1CCC(O)(CNc2ccccc2[N+](=O)[O-])CC1. The first-order valence-electron chi connectivity index (χ1n) is 7.24. The van der Waals surface area contributed by atoms with Gasteiger partial charge < -0.3 is 10.4 Å². The van der Waals surface area contributed by atoms with Crippen LogP contribution in [0, 0.1) is 16.0 Å². The Bertz CT molecular complexity index is 468. The standard InChI is InChI=1S/C15H22N2O3/c1-2-12-7-9-15(18,10-8-12)11-16-13-5-3-4-6-14(13)17(19)20/h3-6,12,16,18H,2,7-11H2,1H3. The van der Waals surface area contributed by atoms with Crippen LogP contribution in [0.3, 0.4) is 0 Å². The summed E-state index contributed by atoms with van der Waals surface area (Å²) in [6.07, 6.45) is 4.75. The van der Waals surface area contributed by atoms with E-state index in [9.17, 15) is 15.2 Å². The molecule has 0 aliphatic heterocycles. The minimum atomic E-state index is -0.741. The molecule has 5 heteroatoms. The summed E-state index contributed by atoms with van der Waals surface area (Å²) in [4.78, 5) is 10.5. The molecule has 1 aliphatic rings. The first-order valence-corrected chi connectivity index (χ1v) is 7.24. The number of nitro benzene ring substituents is 1. The highest BCUT2D eigenvalue weighted by atomic mass is 16.6. The average molecular weight is 278 g/mol. The van der Waals surface area contributed by atoms with Crippen molar-refractivity contribution in [3.63, 3.8) is 0 Å². The van der Waals surface area contributed by atoms with E-state index in [0.717, 1.165) is 32.1 Å². The van der Waals surface area contributed by atoms with E-state index in [1.165, 1.54) is 6.07 Å². The Morgan fingerprint density at radius 3 is 2.65 bits per heavy atom. The van der Waals surface area contributed by atoms with Gasteiger partial charge in [-0.3, -0.25) is 10.1 Å². The third-order valence-corrected chi connectivity index (χ3v) is 4.32. The van der Waals surface area contributed by atoms with Crippen LogP contribution >= 0.6 is 0 Å². The van der Waals surface area contributed by atoms with Gasteiger partial charge in [0, 0.05) is 12.6 Å². The lowest BCUT2D eigenvalue weighted by atomic mass is 9.78. The van der Waals surface area contributed by atoms with Crippen molar-refractivity contribution in [1.82, 2.24) is 0 Å². The van der Waals surface area contributed by atoms with Crippen LogP contribution in [0.25, 0.3) is 0 Å². The quantitative estimate of drug-likeness (QED) is 0.640. The summed E-state index contributed by atoms with van der Waals surface area (Å²) >= 11 is 0. The molecule has 1 fully saturated rings. The van der Waals surface area contributed by atoms with Crippen LogP contribution in [0.4, 0.5) is 11.4 Å². The number of para-hydroxylation sites is 2. The molecule has 20 heavy (non-hydrogen) atoms. The molecule has 1 aromatic rings. The number of benzene rings is 1. The number of rotatable bonds is 5. The van der Waals surface area contributed by atoms with Crippen molar-refractivity contribution < 1.29 is 10.0 Å². The summed E-state index contributed by atoms with van der Waals surface area (Å²) in [7, 11) is 0. The van der Waals surface area contributed by atoms with Gasteiger partial charge in [-0.05, 0) is 37.7 Å². The highest BCUT2D eigenvalue weighted by Crippen LogP contribution is 2.34. The van der Waals surface area contributed by atoms with Gasteiger partial charge in [0.1, 0.15) is 5.69 Å². The maximum Gasteiger partial charge on any atom is 0.292 e. The number of hydrogen-bond acceptors (Lipinski definition) is 4. The molecular weight excluding hydrogens is 256 g/mol. The predicted octanol–water partition coefficient (Wildman–Crippen LogP) is 3.34. The van der Waals surface area contributed by atoms with Crippen LogP contribution < -0.4 is 5.32 Å². The molecule has 0 saturated heterocycles. The van der Waals surface area contributed by atoms with E-state index in [2.05, 4.69) is 12.2 Å². The molecule has 5 nitrogen and oxygen atoms in total. The molecule has 1 aliphatic carbocycles. The second kappa shape index (κ2) is 6.22. The van der Waals surface area contributed by atoms with E-state index in [1.807, 2.05) is 0 Å². The van der Waals surface area contributed by atoms with Crippen LogP contribution in [-0.4, -0.2) is 22.2 Å². The fourth-order valence-corrected chi connectivity index (χ4v) is 2.84. The van der Waals surface area contributed by atoms with Crippen molar-refractivity contribution in [1.29, 1.82) is 0 Å². The van der Waals surface area contributed by atoms with Crippen molar-refractivity contribution in [3.8, 4) is 0 Å². The average Bonchev–Trinajstić information content (AvgIpc) is 2.46. The monoisotopic (exact) mass is 278 g/mol. The largest absolute Gasteiger partial charge is 0.388 e. The summed E-state index contributed by atoms with van der Waals surface area (Å²) in [5.74, 6) is 0.710. The molecule has 0 heterocycles. The number of hydrogen-bond donors (Lipinski definition) is 2. The topological polar surface area (TPSA) is 75.4 Å². The minimum Gasteiger partial charge on any atom is -0.388 e. The van der Waals surface area contributed by atoms with Gasteiger partial charge in [-0.25, -0.2) is 0 Å². The summed E-state index contributed by atoms with van der Waals surface area (Å²) in [6, 6.07) is 6.55. The Morgan fingerprint density at radius 2 is 2.05 bits per heavy atom. The first kappa shape index (κ1) is 14.8. The van der Waals surface area contributed by atoms with Gasteiger partial charge in [-0.2, -0.15) is 0 Å². The molecule has 0 unspecified atom stereocenters. The van der Waals surface area contributed by atoms with Crippen molar-refractivity contribution in [2.75, 3.05) is 11.9 Å². The van der Waals surface area contributed by atoms with Gasteiger partial charge in [0.2, 0.25) is 0 Å². The predicted molar refractivity (Wildman–Crippen MR) is 78.8 cm³/mol. The Balaban J connectivity index is 1.97. The normalized spacial score (nSPS) is 26.2. The number of nitrogens with zero attached hydrogens (tertiary/aromatic N) is 1. The van der Waals surface area contributed by atoms with Crippen LogP contribution in [0.15, 0.2) is 24.3 Å². The smallest absolute Gasteiger partial charge is 0.292 e. The van der Waals surface area contributed by atoms with Gasteiger partial charge in [-0.15, -0.1) is 0 Å². The third kappa shape index (κ3) is 3.48. The Labute approximate surface area is 119 Å². The van der Waals surface area contributed by atoms with E-state index in [0.29, 0.717) is 18.2 Å². The fraction of sp³-hybridized carbons (Fsp3) is 0.600. The highest BCUT2D eigenvalue weighted by molar-refractivity contribution is 5.61. The van der Waals surface area contributed by atoms with Gasteiger partial charge in [0.05, 0.1) is 10.5 Å². The molecule has 110 valence electrons. The molecule has 2 rings (SSSR count). The summed E-state index contributed by atoms with van der Waals surface area (Å²) < 4.78 is 0. The van der Waals surface area contributed by atoms with Crippen LogP contribution in [0.2, 0.25) is 0 Å². The van der Waals surface area contributed by atoms with Crippen LogP contribution in [-0.2, 0) is 0 Å². The summed E-state index contributed by atoms with van der Waals surface area (Å²) in [5, 5.41) is 24.5. The lowest BCUT2D eigenvalue weighted by molar-refractivity contribution is -0.384. The minimum absolute atomic E-state index is 0.0540. The summed E-state index contributed by atoms with van der Waals surface area (Å²) in [6.45, 7) is 2.55. The molecule has 0 amide bonds. The van der Waals surface area contributed by atoms with E-state index in [1.54, 1.807) is 18.2 Å². The number of nitro groups is 1. The second-order valence-electron chi connectivity index (χ2n) is 5.70. The van der Waals surface area contributed by atoms with Gasteiger partial charge in [-0.1, -0.05) is 25.5 Å². The molecule has 1 aromatic carbocycles. The second-order valence-corrected chi connectivity index (χ2v) is 5.70. The molecule has 0 atom stereocenters. The number of aliphatic hydroxyl groups is 1. The zero-order valence-corrected chi connectivity index (χ0v) is 11.8. The van der Waals surface area contributed by atoms with E-state index in [4.69, 9.17) is 0 Å². The molecule has 0 radical (unpaired) electrons. The number of nitrogens with one attached hydrogen (secondary N) is 1. The molecule has 0 aromatic heterocycles. The summed E-state index contributed by atoms with van der Waals surface area (Å²) in [5.41, 5.74) is -0.211. The van der Waals surface area contributed by atoms with Crippen molar-refractivity contribution in [2.45, 2.75) is 44.6 Å². The fourth-order valence-electron chi connectivity index (χ4n) is 2.84. The van der Waals surface area contributed by atoms with Gasteiger partial charge in [0.15, 0.2) is 0 Å². The third-order valence-electron chi connectivity index (χ3n) is 4.32. The van der Waals surface area contributed by atoms with E-state index >= 15 is 0 Å². The van der Waals surface area contributed by atoms with Crippen molar-refractivity contribution in [3.05, 3.63) is 34.4 Å². The van der Waals surface area contributed by atoms with E-state index < -0.39 is 10.5 Å². The zero-order chi connectivity index (χ0) is 14.6. The van der Waals surface area contributed by atoms with Gasteiger partial charge in [0.25, 0.3) is 5.69 Å². The molecular formula is C15H22N2O3. The van der Waals surface area contributed by atoms with Crippen molar-refractivity contribution >= 4 is 11.4 Å². The molecule has 1 saturated carbocycles. The first-order chi connectivity index (χ1) is 9.54. The maximum absolute atomic E-state index is 10.9. The van der Waals surface area contributed by atoms with Crippen LogP contribution in [0.5, 0.6) is 0 Å². The molecule has 0 bridgehead atoms. The zero-order valence-electron chi connectivity index (χ0n) is 11.8. The van der Waals surface area contributed by atoms with Crippen LogP contribution in [0.1, 0.15) is 39.0 Å². The lowest BCUT2D eigenvalue weighted by Gasteiger charge is -2.36. The molecule has 0 spiro atoms. The maximum atomic E-state index is 10.9. The number of anilines is 1. The molecule has 2 N–H and O–H groups in total. The highest BCUT2D eigenvalue weighted by Gasteiger charge is 2.32. The lowest BCUT2D eigenvalue weighted by Crippen LogP contribution is -2.40. The van der Waals surface area contributed by atoms with Gasteiger partial charge >= 0.3 is 0 Å². The Hall–Kier alpha value is -1.62. The Morgan fingerprint density at radius 1 is 1.40 bits per heavy atom.